The average molecular weight is 159 g/mol. The minimum absolute atomic E-state index is 0.438. The number of likely N-dealkylation sites (tertiary alicyclic amines) is 1. The summed E-state index contributed by atoms with van der Waals surface area (Å²) in [5.74, 6) is 5.45. The highest BCUT2D eigenvalue weighted by Crippen LogP contribution is 2.40. The fourth-order valence-corrected chi connectivity index (χ4v) is 4.87. The molecule has 0 amide bonds. The summed E-state index contributed by atoms with van der Waals surface area (Å²) in [5, 5.41) is 0. The molecule has 1 spiro atoms. The lowest BCUT2D eigenvalue weighted by Gasteiger charge is -2.55. The standard InChI is InChI=1S/C7H13NOS/c1-8-3-7(4-8)5-10(2,9)6-7/h2-6H2,1H3. The fraction of sp³-hybridized carbons (Fsp3) is 0.857. The van der Waals surface area contributed by atoms with Crippen LogP contribution in [-0.4, -0.2) is 46.6 Å². The van der Waals surface area contributed by atoms with Crippen molar-refractivity contribution in [2.75, 3.05) is 31.6 Å². The summed E-state index contributed by atoms with van der Waals surface area (Å²) in [4.78, 5) is 2.27. The summed E-state index contributed by atoms with van der Waals surface area (Å²) in [6.45, 7) is 2.28. The summed E-state index contributed by atoms with van der Waals surface area (Å²) in [6.07, 6.45) is 0. The van der Waals surface area contributed by atoms with Crippen molar-refractivity contribution in [3.63, 3.8) is 0 Å². The highest BCUT2D eigenvalue weighted by molar-refractivity contribution is 8.01. The Morgan fingerprint density at radius 3 is 2.30 bits per heavy atom. The van der Waals surface area contributed by atoms with Crippen LogP contribution in [0.3, 0.4) is 0 Å². The smallest absolute Gasteiger partial charge is 0.0248 e. The van der Waals surface area contributed by atoms with E-state index in [1.807, 2.05) is 0 Å². The average Bonchev–Trinajstić information content (AvgIpc) is 1.55. The Bertz CT molecular complexity index is 235. The molecular formula is C7H13NOS. The van der Waals surface area contributed by atoms with Gasteiger partial charge in [-0.15, -0.1) is 0 Å². The van der Waals surface area contributed by atoms with Crippen molar-refractivity contribution in [1.82, 2.24) is 4.90 Å². The van der Waals surface area contributed by atoms with Gasteiger partial charge in [0.25, 0.3) is 0 Å². The minimum Gasteiger partial charge on any atom is -0.305 e. The van der Waals surface area contributed by atoms with Crippen LogP contribution in [0, 0.1) is 5.41 Å². The predicted octanol–water partition coefficient (Wildman–Crippen LogP) is -0.352. The normalized spacial score (nSPS) is 34.9. The van der Waals surface area contributed by atoms with E-state index in [0.717, 1.165) is 24.6 Å². The van der Waals surface area contributed by atoms with Crippen LogP contribution in [0.15, 0.2) is 0 Å². The largest absolute Gasteiger partial charge is 0.305 e. The van der Waals surface area contributed by atoms with Gasteiger partial charge in [-0.2, -0.15) is 0 Å². The lowest BCUT2D eigenvalue weighted by atomic mass is 9.83. The third kappa shape index (κ3) is 0.805. The molecule has 0 radical (unpaired) electrons. The molecule has 0 saturated carbocycles. The van der Waals surface area contributed by atoms with Crippen molar-refractivity contribution >= 4 is 15.4 Å². The molecule has 2 aliphatic rings. The van der Waals surface area contributed by atoms with E-state index in [-0.39, 0.29) is 0 Å². The first-order valence-electron chi connectivity index (χ1n) is 3.53. The van der Waals surface area contributed by atoms with Crippen LogP contribution < -0.4 is 0 Å². The van der Waals surface area contributed by atoms with Crippen molar-refractivity contribution in [3.05, 3.63) is 0 Å². The quantitative estimate of drug-likeness (QED) is 0.450. The molecule has 2 aliphatic heterocycles. The molecule has 0 aliphatic carbocycles. The van der Waals surface area contributed by atoms with Crippen LogP contribution in [0.25, 0.3) is 0 Å². The highest BCUT2D eigenvalue weighted by atomic mass is 32.2. The number of hydrogen-bond donors (Lipinski definition) is 0. The van der Waals surface area contributed by atoms with Crippen LogP contribution in [0.5, 0.6) is 0 Å². The van der Waals surface area contributed by atoms with Gasteiger partial charge < -0.3 is 4.90 Å². The van der Waals surface area contributed by atoms with Gasteiger partial charge in [-0.3, -0.25) is 4.21 Å². The van der Waals surface area contributed by atoms with E-state index in [9.17, 15) is 4.21 Å². The zero-order valence-corrected chi connectivity index (χ0v) is 7.12. The molecule has 3 heteroatoms. The number of hydrogen-bond acceptors (Lipinski definition) is 2. The molecule has 0 aromatic rings. The van der Waals surface area contributed by atoms with E-state index < -0.39 is 9.52 Å². The second-order valence-electron chi connectivity index (χ2n) is 3.93. The number of nitrogens with zero attached hydrogens (tertiary/aromatic N) is 1. The Morgan fingerprint density at radius 1 is 1.50 bits per heavy atom. The highest BCUT2D eigenvalue weighted by Gasteiger charge is 2.51. The van der Waals surface area contributed by atoms with Crippen LogP contribution >= 0.6 is 0 Å². The molecule has 0 unspecified atom stereocenters. The van der Waals surface area contributed by atoms with Gasteiger partial charge in [0, 0.05) is 30.0 Å². The van der Waals surface area contributed by atoms with E-state index in [1.54, 1.807) is 0 Å². The molecule has 2 rings (SSSR count). The predicted molar refractivity (Wildman–Crippen MR) is 44.9 cm³/mol. The molecule has 0 bridgehead atoms. The summed E-state index contributed by atoms with van der Waals surface area (Å²) in [7, 11) is 0.506. The molecule has 0 aromatic heterocycles. The van der Waals surface area contributed by atoms with Crippen molar-refractivity contribution in [3.8, 4) is 0 Å². The second-order valence-corrected chi connectivity index (χ2v) is 6.44. The van der Waals surface area contributed by atoms with Gasteiger partial charge in [0.15, 0.2) is 0 Å². The van der Waals surface area contributed by atoms with E-state index in [4.69, 9.17) is 0 Å². The van der Waals surface area contributed by atoms with Crippen molar-refractivity contribution < 1.29 is 4.21 Å². The van der Waals surface area contributed by atoms with E-state index in [2.05, 4.69) is 17.8 Å². The Balaban J connectivity index is 2.03. The van der Waals surface area contributed by atoms with Crippen LogP contribution in [-0.2, 0) is 9.52 Å². The minimum atomic E-state index is -1.60. The maximum absolute atomic E-state index is 11.2. The third-order valence-corrected chi connectivity index (χ3v) is 4.63. The molecular weight excluding hydrogens is 146 g/mol. The van der Waals surface area contributed by atoms with Gasteiger partial charge in [0.1, 0.15) is 0 Å². The SMILES string of the molecule is C=S1(=O)CC2(CN(C)C2)C1. The summed E-state index contributed by atoms with van der Waals surface area (Å²) in [5.41, 5.74) is 0.438. The van der Waals surface area contributed by atoms with Gasteiger partial charge in [0.2, 0.25) is 0 Å². The van der Waals surface area contributed by atoms with E-state index >= 15 is 0 Å². The summed E-state index contributed by atoms with van der Waals surface area (Å²) < 4.78 is 11.2. The molecule has 0 atom stereocenters. The lowest BCUT2D eigenvalue weighted by Crippen LogP contribution is -2.67. The van der Waals surface area contributed by atoms with Crippen LogP contribution in [0.1, 0.15) is 0 Å². The molecule has 58 valence electrons. The summed E-state index contributed by atoms with van der Waals surface area (Å²) in [6, 6.07) is 0. The first kappa shape index (κ1) is 6.68. The summed E-state index contributed by atoms with van der Waals surface area (Å²) >= 11 is 0. The maximum Gasteiger partial charge on any atom is 0.0248 e. The molecule has 2 saturated heterocycles. The zero-order valence-electron chi connectivity index (χ0n) is 6.30. The lowest BCUT2D eigenvalue weighted by molar-refractivity contribution is 0.0521. The van der Waals surface area contributed by atoms with Crippen molar-refractivity contribution in [2.24, 2.45) is 5.41 Å². The monoisotopic (exact) mass is 159 g/mol. The van der Waals surface area contributed by atoms with Crippen LogP contribution in [0.4, 0.5) is 0 Å². The first-order valence-corrected chi connectivity index (χ1v) is 5.59. The Labute approximate surface area is 62.2 Å². The fourth-order valence-electron chi connectivity index (χ4n) is 2.36. The van der Waals surface area contributed by atoms with Gasteiger partial charge in [-0.1, -0.05) is 0 Å². The molecule has 2 nitrogen and oxygen atoms in total. The topological polar surface area (TPSA) is 20.3 Å². The van der Waals surface area contributed by atoms with E-state index in [0.29, 0.717) is 5.41 Å². The Kier molecular flexibility index (Phi) is 1.06. The van der Waals surface area contributed by atoms with Crippen molar-refractivity contribution in [1.29, 1.82) is 0 Å². The second kappa shape index (κ2) is 1.59. The van der Waals surface area contributed by atoms with E-state index in [1.165, 1.54) is 0 Å². The Morgan fingerprint density at radius 2 is 2.00 bits per heavy atom. The molecule has 0 N–H and O–H groups in total. The first-order chi connectivity index (χ1) is 4.52. The molecule has 10 heavy (non-hydrogen) atoms. The van der Waals surface area contributed by atoms with Gasteiger partial charge >= 0.3 is 0 Å². The van der Waals surface area contributed by atoms with Gasteiger partial charge in [-0.05, 0) is 22.4 Å². The molecule has 2 heterocycles. The number of rotatable bonds is 0. The van der Waals surface area contributed by atoms with Crippen LogP contribution in [0.2, 0.25) is 0 Å². The maximum atomic E-state index is 11.2. The van der Waals surface area contributed by atoms with Crippen molar-refractivity contribution in [2.45, 2.75) is 0 Å². The molecule has 0 aromatic carbocycles. The van der Waals surface area contributed by atoms with Gasteiger partial charge in [0.05, 0.1) is 0 Å². The van der Waals surface area contributed by atoms with Gasteiger partial charge in [-0.25, -0.2) is 0 Å². The zero-order chi connectivity index (χ0) is 7.41. The molecule has 2 fully saturated rings. The Hall–Kier alpha value is -0.0200. The third-order valence-electron chi connectivity index (χ3n) is 2.35.